The Hall–Kier alpha value is -3.00. The number of hydrogen-bond donors (Lipinski definition) is 1. The molecule has 1 saturated carbocycles. The van der Waals surface area contributed by atoms with Gasteiger partial charge in [0, 0.05) is 42.7 Å². The number of alkyl halides is 1. The van der Waals surface area contributed by atoms with Crippen LogP contribution in [0, 0.1) is 12.3 Å². The standard InChI is InChI=1S/C22H26FN5O2/c1-16-11-24-21(26-18-3-5-19(6-4-18)30-10-9-29-2)27-20(16)17-12-25-28(13-17)15-22(14-23)7-8-22/h3-6,11-13H,7-10,14-15H2,1-2H3,(H,24,26,27). The van der Waals surface area contributed by atoms with Crippen LogP contribution in [0.4, 0.5) is 16.0 Å². The second kappa shape index (κ2) is 8.79. The number of ether oxygens (including phenoxy) is 2. The van der Waals surface area contributed by atoms with Crippen molar-refractivity contribution in [2.45, 2.75) is 26.3 Å². The highest BCUT2D eigenvalue weighted by Gasteiger charge is 2.43. The molecular formula is C22H26FN5O2. The van der Waals surface area contributed by atoms with Crippen LogP contribution in [-0.4, -0.2) is 46.7 Å². The minimum atomic E-state index is -0.293. The maximum atomic E-state index is 13.2. The first kappa shape index (κ1) is 20.3. The van der Waals surface area contributed by atoms with Crippen LogP contribution in [0.2, 0.25) is 0 Å². The van der Waals surface area contributed by atoms with E-state index in [0.717, 1.165) is 41.1 Å². The molecule has 1 aromatic carbocycles. The lowest BCUT2D eigenvalue weighted by Crippen LogP contribution is -2.13. The van der Waals surface area contributed by atoms with E-state index < -0.39 is 0 Å². The molecule has 1 aliphatic carbocycles. The van der Waals surface area contributed by atoms with E-state index >= 15 is 0 Å². The minimum Gasteiger partial charge on any atom is -0.491 e. The Morgan fingerprint density at radius 2 is 1.97 bits per heavy atom. The van der Waals surface area contributed by atoms with Gasteiger partial charge in [-0.05, 0) is 49.6 Å². The van der Waals surface area contributed by atoms with Crippen molar-refractivity contribution in [2.75, 3.05) is 32.3 Å². The maximum absolute atomic E-state index is 13.2. The number of aryl methyl sites for hydroxylation is 1. The van der Waals surface area contributed by atoms with E-state index in [-0.39, 0.29) is 12.1 Å². The normalized spacial score (nSPS) is 14.5. The molecule has 0 unspecified atom stereocenters. The highest BCUT2D eigenvalue weighted by atomic mass is 19.1. The molecule has 0 atom stereocenters. The Labute approximate surface area is 175 Å². The Kier molecular flexibility index (Phi) is 5.94. The largest absolute Gasteiger partial charge is 0.491 e. The predicted molar refractivity (Wildman–Crippen MR) is 113 cm³/mol. The zero-order chi connectivity index (χ0) is 21.0. The second-order valence-corrected chi connectivity index (χ2v) is 7.78. The van der Waals surface area contributed by atoms with Gasteiger partial charge >= 0.3 is 0 Å². The molecule has 7 nitrogen and oxygen atoms in total. The number of hydrogen-bond acceptors (Lipinski definition) is 6. The lowest BCUT2D eigenvalue weighted by Gasteiger charge is -2.10. The molecule has 0 radical (unpaired) electrons. The number of rotatable bonds is 10. The molecule has 158 valence electrons. The van der Waals surface area contributed by atoms with Gasteiger partial charge in [0.2, 0.25) is 5.95 Å². The van der Waals surface area contributed by atoms with Gasteiger partial charge in [-0.2, -0.15) is 5.10 Å². The van der Waals surface area contributed by atoms with Gasteiger partial charge in [0.25, 0.3) is 0 Å². The topological polar surface area (TPSA) is 74.1 Å². The Balaban J connectivity index is 1.45. The fraction of sp³-hybridized carbons (Fsp3) is 0.409. The van der Waals surface area contributed by atoms with Crippen LogP contribution in [-0.2, 0) is 11.3 Å². The third-order valence-corrected chi connectivity index (χ3v) is 5.28. The van der Waals surface area contributed by atoms with Crippen molar-refractivity contribution in [3.8, 4) is 17.0 Å². The molecule has 0 spiro atoms. The first-order valence-electron chi connectivity index (χ1n) is 10.0. The summed E-state index contributed by atoms with van der Waals surface area (Å²) in [5.74, 6) is 1.27. The van der Waals surface area contributed by atoms with Gasteiger partial charge < -0.3 is 14.8 Å². The molecule has 3 aromatic rings. The number of nitrogens with zero attached hydrogens (tertiary/aromatic N) is 4. The van der Waals surface area contributed by atoms with Crippen molar-refractivity contribution >= 4 is 11.6 Å². The van der Waals surface area contributed by atoms with E-state index in [4.69, 9.17) is 9.47 Å². The number of aromatic nitrogens is 4. The van der Waals surface area contributed by atoms with Crippen LogP contribution in [0.25, 0.3) is 11.3 Å². The molecule has 1 N–H and O–H groups in total. The number of benzene rings is 1. The summed E-state index contributed by atoms with van der Waals surface area (Å²) in [6.07, 6.45) is 7.35. The van der Waals surface area contributed by atoms with E-state index in [0.29, 0.717) is 25.7 Å². The summed E-state index contributed by atoms with van der Waals surface area (Å²) in [6.45, 7) is 3.34. The quantitative estimate of drug-likeness (QED) is 0.505. The molecule has 2 heterocycles. The van der Waals surface area contributed by atoms with Gasteiger partial charge in [0.05, 0.1) is 25.2 Å². The summed E-state index contributed by atoms with van der Waals surface area (Å²) in [5.41, 5.74) is 3.31. The Morgan fingerprint density at radius 3 is 2.67 bits per heavy atom. The minimum absolute atomic E-state index is 0.212. The van der Waals surface area contributed by atoms with Crippen LogP contribution < -0.4 is 10.1 Å². The van der Waals surface area contributed by atoms with E-state index in [1.807, 2.05) is 42.1 Å². The first-order valence-corrected chi connectivity index (χ1v) is 10.0. The summed E-state index contributed by atoms with van der Waals surface area (Å²) >= 11 is 0. The average molecular weight is 411 g/mol. The zero-order valence-corrected chi connectivity index (χ0v) is 17.3. The van der Waals surface area contributed by atoms with Crippen LogP contribution in [0.3, 0.4) is 0 Å². The van der Waals surface area contributed by atoms with Crippen LogP contribution in [0.15, 0.2) is 42.9 Å². The molecule has 8 heteroatoms. The molecule has 1 aliphatic rings. The SMILES string of the molecule is COCCOc1ccc(Nc2ncc(C)c(-c3cnn(CC4(CF)CC4)c3)n2)cc1. The highest BCUT2D eigenvalue weighted by molar-refractivity contribution is 5.64. The molecule has 0 bridgehead atoms. The van der Waals surface area contributed by atoms with E-state index in [2.05, 4.69) is 20.4 Å². The van der Waals surface area contributed by atoms with Crippen LogP contribution >= 0.6 is 0 Å². The van der Waals surface area contributed by atoms with Gasteiger partial charge in [0.15, 0.2) is 0 Å². The number of anilines is 2. The molecule has 0 amide bonds. The zero-order valence-electron chi connectivity index (χ0n) is 17.3. The van der Waals surface area contributed by atoms with Crippen molar-refractivity contribution in [1.29, 1.82) is 0 Å². The molecule has 0 saturated heterocycles. The van der Waals surface area contributed by atoms with Gasteiger partial charge in [-0.3, -0.25) is 9.07 Å². The van der Waals surface area contributed by atoms with E-state index in [1.54, 1.807) is 19.5 Å². The highest BCUT2D eigenvalue weighted by Crippen LogP contribution is 2.47. The monoisotopic (exact) mass is 411 g/mol. The third kappa shape index (κ3) is 4.76. The Morgan fingerprint density at radius 1 is 1.17 bits per heavy atom. The summed E-state index contributed by atoms with van der Waals surface area (Å²) < 4.78 is 25.6. The molecule has 4 rings (SSSR count). The molecule has 30 heavy (non-hydrogen) atoms. The van der Waals surface area contributed by atoms with Gasteiger partial charge in [-0.15, -0.1) is 0 Å². The summed E-state index contributed by atoms with van der Waals surface area (Å²) in [4.78, 5) is 9.05. The van der Waals surface area contributed by atoms with Crippen molar-refractivity contribution in [3.05, 3.63) is 48.4 Å². The van der Waals surface area contributed by atoms with Gasteiger partial charge in [0.1, 0.15) is 12.4 Å². The maximum Gasteiger partial charge on any atom is 0.227 e. The Bertz CT molecular complexity index is 985. The number of nitrogens with one attached hydrogen (secondary N) is 1. The van der Waals surface area contributed by atoms with Crippen LogP contribution in [0.5, 0.6) is 5.75 Å². The van der Waals surface area contributed by atoms with E-state index in [9.17, 15) is 4.39 Å². The summed E-state index contributed by atoms with van der Waals surface area (Å²) in [5, 5.41) is 7.63. The first-order chi connectivity index (χ1) is 14.6. The lowest BCUT2D eigenvalue weighted by atomic mass is 10.1. The summed E-state index contributed by atoms with van der Waals surface area (Å²) in [6, 6.07) is 7.59. The molecule has 1 fully saturated rings. The smallest absolute Gasteiger partial charge is 0.227 e. The van der Waals surface area contributed by atoms with E-state index in [1.165, 1.54) is 0 Å². The van der Waals surface area contributed by atoms with Crippen LogP contribution in [0.1, 0.15) is 18.4 Å². The number of methoxy groups -OCH3 is 1. The van der Waals surface area contributed by atoms with Gasteiger partial charge in [-0.25, -0.2) is 9.97 Å². The van der Waals surface area contributed by atoms with Crippen molar-refractivity contribution in [2.24, 2.45) is 5.41 Å². The van der Waals surface area contributed by atoms with Gasteiger partial charge in [-0.1, -0.05) is 0 Å². The second-order valence-electron chi connectivity index (χ2n) is 7.78. The molecule has 0 aliphatic heterocycles. The van der Waals surface area contributed by atoms with Crippen molar-refractivity contribution in [3.63, 3.8) is 0 Å². The fourth-order valence-corrected chi connectivity index (χ4v) is 3.23. The molecular weight excluding hydrogens is 385 g/mol. The predicted octanol–water partition coefficient (Wildman–Crippen LogP) is 4.17. The lowest BCUT2D eigenvalue weighted by molar-refractivity contribution is 0.146. The summed E-state index contributed by atoms with van der Waals surface area (Å²) in [7, 11) is 1.64. The third-order valence-electron chi connectivity index (χ3n) is 5.28. The fourth-order valence-electron chi connectivity index (χ4n) is 3.23. The van der Waals surface area contributed by atoms with Crippen molar-refractivity contribution < 1.29 is 13.9 Å². The average Bonchev–Trinajstić information content (AvgIpc) is 3.38. The molecule has 2 aromatic heterocycles. The van der Waals surface area contributed by atoms with Crippen molar-refractivity contribution in [1.82, 2.24) is 19.7 Å². The number of halogens is 1.